The fraction of sp³-hybridized carbons (Fsp3) is 0.176. The fourth-order valence-electron chi connectivity index (χ4n) is 3.34. The molecular weight excluding hydrogens is 316 g/mol. The summed E-state index contributed by atoms with van der Waals surface area (Å²) in [6.45, 7) is 1.14. The van der Waals surface area contributed by atoms with E-state index in [0.717, 1.165) is 17.2 Å². The lowest BCUT2D eigenvalue weighted by molar-refractivity contribution is -0.110. The van der Waals surface area contributed by atoms with Crippen molar-refractivity contribution in [3.05, 3.63) is 46.5 Å². The number of carbonyl (C=O) groups is 1. The summed E-state index contributed by atoms with van der Waals surface area (Å²) in [4.78, 5) is 11.8. The molecule has 7 heteroatoms. The number of aromatic hydroxyl groups is 1. The monoisotopic (exact) mass is 329 g/mol. The highest BCUT2D eigenvalue weighted by molar-refractivity contribution is 6.53. The smallest absolute Gasteiger partial charge is 0.274 e. The summed E-state index contributed by atoms with van der Waals surface area (Å²) in [6.07, 6.45) is 0.582. The van der Waals surface area contributed by atoms with Crippen molar-refractivity contribution in [2.75, 3.05) is 11.9 Å². The number of rotatable bonds is 1. The maximum Gasteiger partial charge on any atom is 0.274 e. The van der Waals surface area contributed by atoms with Gasteiger partial charge in [0, 0.05) is 23.7 Å². The molecule has 24 heavy (non-hydrogen) atoms. The van der Waals surface area contributed by atoms with Gasteiger partial charge in [-0.2, -0.15) is 0 Å². The Morgan fingerprint density at radius 1 is 1.08 bits per heavy atom. The van der Waals surface area contributed by atoms with Crippen molar-refractivity contribution in [3.63, 3.8) is 0 Å². The molecule has 4 N–H and O–H groups in total. The molecule has 0 fully saturated rings. The predicted octanol–water partition coefficient (Wildman–Crippen LogP) is 2.30. The van der Waals surface area contributed by atoms with Crippen molar-refractivity contribution in [1.29, 1.82) is 5.41 Å². The third-order valence-corrected chi connectivity index (χ3v) is 4.46. The van der Waals surface area contributed by atoms with Gasteiger partial charge in [-0.15, -0.1) is 0 Å². The predicted molar refractivity (Wildman–Crippen MR) is 84.3 cm³/mol. The van der Waals surface area contributed by atoms with Gasteiger partial charge in [0.15, 0.2) is 11.6 Å². The molecule has 4 rings (SSSR count). The van der Waals surface area contributed by atoms with Gasteiger partial charge in [0.2, 0.25) is 0 Å². The average Bonchev–Trinajstić information content (AvgIpc) is 2.85. The van der Waals surface area contributed by atoms with Gasteiger partial charge < -0.3 is 15.7 Å². The molecule has 0 aromatic heterocycles. The quantitative estimate of drug-likeness (QED) is 0.648. The molecule has 0 unspecified atom stereocenters. The van der Waals surface area contributed by atoms with Crippen LogP contribution in [0.4, 0.5) is 14.5 Å². The van der Waals surface area contributed by atoms with E-state index in [4.69, 9.17) is 5.41 Å². The van der Waals surface area contributed by atoms with Crippen LogP contribution in [0.3, 0.4) is 0 Å². The van der Waals surface area contributed by atoms with Gasteiger partial charge in [-0.25, -0.2) is 8.78 Å². The Bertz CT molecular complexity index is 925. The number of carbonyl (C=O) groups excluding carboxylic acids is 1. The highest BCUT2D eigenvalue weighted by Crippen LogP contribution is 2.42. The first-order valence-corrected chi connectivity index (χ1v) is 7.45. The Labute approximate surface area is 135 Å². The Morgan fingerprint density at radius 2 is 1.88 bits per heavy atom. The molecule has 0 saturated carbocycles. The Kier molecular flexibility index (Phi) is 3.14. The van der Waals surface area contributed by atoms with Crippen LogP contribution < -0.4 is 10.6 Å². The van der Waals surface area contributed by atoms with Crippen molar-refractivity contribution in [2.45, 2.75) is 13.0 Å². The number of phenols is 1. The number of hydrogen-bond donors (Lipinski definition) is 4. The van der Waals surface area contributed by atoms with Crippen molar-refractivity contribution in [3.8, 4) is 16.9 Å². The van der Waals surface area contributed by atoms with Gasteiger partial charge in [0.25, 0.3) is 5.91 Å². The highest BCUT2D eigenvalue weighted by Gasteiger charge is 2.31. The normalized spacial score (nSPS) is 15.9. The van der Waals surface area contributed by atoms with E-state index in [1.165, 1.54) is 0 Å². The van der Waals surface area contributed by atoms with Crippen LogP contribution in [0.25, 0.3) is 11.1 Å². The molecule has 0 atom stereocenters. The Morgan fingerprint density at radius 3 is 2.67 bits per heavy atom. The van der Waals surface area contributed by atoms with Crippen LogP contribution >= 0.6 is 0 Å². The number of phenolic OH excluding ortho intramolecular Hbond substituents is 1. The van der Waals surface area contributed by atoms with E-state index in [9.17, 15) is 18.7 Å². The second-order valence-corrected chi connectivity index (χ2v) is 5.84. The summed E-state index contributed by atoms with van der Waals surface area (Å²) in [5.74, 6) is -2.99. The van der Waals surface area contributed by atoms with Crippen LogP contribution in [-0.4, -0.2) is 23.3 Å². The maximum atomic E-state index is 13.8. The first-order valence-electron chi connectivity index (χ1n) is 7.45. The SMILES string of the molecule is N=C1C(=O)Nc2c1cc(-c1cc(F)cc(F)c1O)c1c2CNCC1. The van der Waals surface area contributed by atoms with Crippen LogP contribution in [0.1, 0.15) is 16.7 Å². The Hall–Kier alpha value is -2.80. The summed E-state index contributed by atoms with van der Waals surface area (Å²) < 4.78 is 27.4. The minimum Gasteiger partial charge on any atom is -0.504 e. The highest BCUT2D eigenvalue weighted by atomic mass is 19.1. The topological polar surface area (TPSA) is 85.2 Å². The van der Waals surface area contributed by atoms with Crippen molar-refractivity contribution in [1.82, 2.24) is 5.32 Å². The largest absolute Gasteiger partial charge is 0.504 e. The number of anilines is 1. The first kappa shape index (κ1) is 14.8. The standard InChI is InChI=1S/C17H13F2N3O2/c18-7-3-10(16(23)13(19)4-7)9-5-11-14(20)17(24)22-15(11)12-6-21-2-1-8(9)12/h3-5,21,23H,1-2,6H2,(H2,20,22,24). The molecular formula is C17H13F2N3O2. The Balaban J connectivity index is 2.04. The lowest BCUT2D eigenvalue weighted by Crippen LogP contribution is -2.25. The molecule has 2 aliphatic rings. The van der Waals surface area contributed by atoms with Crippen molar-refractivity contribution in [2.24, 2.45) is 0 Å². The maximum absolute atomic E-state index is 13.8. The van der Waals surface area contributed by atoms with Gasteiger partial charge in [0.05, 0.1) is 5.69 Å². The van der Waals surface area contributed by atoms with Crippen LogP contribution in [0.5, 0.6) is 5.75 Å². The van der Waals surface area contributed by atoms with E-state index in [-0.39, 0.29) is 11.3 Å². The third-order valence-electron chi connectivity index (χ3n) is 4.46. The van der Waals surface area contributed by atoms with Gasteiger partial charge in [-0.1, -0.05) is 0 Å². The molecule has 0 spiro atoms. The summed E-state index contributed by atoms with van der Waals surface area (Å²) in [5.41, 5.74) is 2.81. The summed E-state index contributed by atoms with van der Waals surface area (Å²) in [5, 5.41) is 23.8. The fourth-order valence-corrected chi connectivity index (χ4v) is 3.34. The minimum atomic E-state index is -1.04. The summed E-state index contributed by atoms with van der Waals surface area (Å²) in [6, 6.07) is 3.23. The van der Waals surface area contributed by atoms with E-state index in [1.54, 1.807) is 6.07 Å². The number of halogens is 2. The van der Waals surface area contributed by atoms with E-state index < -0.39 is 23.3 Å². The van der Waals surface area contributed by atoms with E-state index in [2.05, 4.69) is 10.6 Å². The van der Waals surface area contributed by atoms with Crippen LogP contribution in [-0.2, 0) is 17.8 Å². The molecule has 2 aliphatic heterocycles. The molecule has 0 radical (unpaired) electrons. The lowest BCUT2D eigenvalue weighted by Gasteiger charge is -2.24. The number of benzene rings is 2. The molecule has 5 nitrogen and oxygen atoms in total. The lowest BCUT2D eigenvalue weighted by atomic mass is 9.87. The van der Waals surface area contributed by atoms with Gasteiger partial charge in [0.1, 0.15) is 11.5 Å². The minimum absolute atomic E-state index is 0.0283. The molecule has 1 amide bonds. The van der Waals surface area contributed by atoms with Crippen LogP contribution in [0, 0.1) is 17.0 Å². The molecule has 0 aliphatic carbocycles. The van der Waals surface area contributed by atoms with Crippen molar-refractivity contribution >= 4 is 17.3 Å². The van der Waals surface area contributed by atoms with E-state index in [1.807, 2.05) is 0 Å². The zero-order valence-corrected chi connectivity index (χ0v) is 12.5. The van der Waals surface area contributed by atoms with Crippen LogP contribution in [0.15, 0.2) is 18.2 Å². The molecule has 0 bridgehead atoms. The van der Waals surface area contributed by atoms with E-state index >= 15 is 0 Å². The molecule has 0 saturated heterocycles. The van der Waals surface area contributed by atoms with Gasteiger partial charge in [-0.05, 0) is 41.8 Å². The average molecular weight is 329 g/mol. The number of nitrogens with one attached hydrogen (secondary N) is 3. The second-order valence-electron chi connectivity index (χ2n) is 5.84. The zero-order valence-electron chi connectivity index (χ0n) is 12.5. The van der Waals surface area contributed by atoms with Gasteiger partial charge in [-0.3, -0.25) is 10.2 Å². The second kappa shape index (κ2) is 5.10. The third kappa shape index (κ3) is 2.01. The zero-order chi connectivity index (χ0) is 17.0. The number of fused-ring (bicyclic) bond motifs is 3. The van der Waals surface area contributed by atoms with Crippen LogP contribution in [0.2, 0.25) is 0 Å². The molecule has 122 valence electrons. The molecule has 2 aromatic rings. The molecule has 2 aromatic carbocycles. The number of hydrogen-bond acceptors (Lipinski definition) is 4. The van der Waals surface area contributed by atoms with Gasteiger partial charge >= 0.3 is 0 Å². The van der Waals surface area contributed by atoms with Crippen molar-refractivity contribution < 1.29 is 18.7 Å². The molecule has 2 heterocycles. The summed E-state index contributed by atoms with van der Waals surface area (Å²) in [7, 11) is 0. The summed E-state index contributed by atoms with van der Waals surface area (Å²) >= 11 is 0. The van der Waals surface area contributed by atoms with E-state index in [0.29, 0.717) is 42.4 Å². The number of amides is 1. The first-order chi connectivity index (χ1) is 11.5.